The zero-order valence-corrected chi connectivity index (χ0v) is 13.8. The van der Waals surface area contributed by atoms with Crippen LogP contribution in [0, 0.1) is 0 Å². The van der Waals surface area contributed by atoms with Crippen molar-refractivity contribution in [3.63, 3.8) is 0 Å². The van der Waals surface area contributed by atoms with E-state index in [0.717, 1.165) is 48.2 Å². The van der Waals surface area contributed by atoms with Crippen molar-refractivity contribution < 1.29 is 9.53 Å². The third kappa shape index (κ3) is 2.53. The van der Waals surface area contributed by atoms with Gasteiger partial charge in [-0.2, -0.15) is 0 Å². The van der Waals surface area contributed by atoms with Gasteiger partial charge < -0.3 is 10.1 Å². The van der Waals surface area contributed by atoms with Crippen LogP contribution in [0.3, 0.4) is 0 Å². The smallest absolute Gasteiger partial charge is 0.234 e. The number of hydrogen-bond acceptors (Lipinski definition) is 3. The van der Waals surface area contributed by atoms with Crippen LogP contribution in [-0.2, 0) is 23.1 Å². The number of nitrogens with zero attached hydrogens (tertiary/aromatic N) is 3. The molecule has 0 aliphatic carbocycles. The van der Waals surface area contributed by atoms with Gasteiger partial charge in [-0.05, 0) is 49.4 Å². The van der Waals surface area contributed by atoms with Gasteiger partial charge >= 0.3 is 0 Å². The Morgan fingerprint density at radius 1 is 1.52 bits per heavy atom. The Morgan fingerprint density at radius 2 is 2.30 bits per heavy atom. The minimum Gasteiger partial charge on any atom is -0.489 e. The summed E-state index contributed by atoms with van der Waals surface area (Å²) in [7, 11) is 0. The van der Waals surface area contributed by atoms with E-state index >= 15 is 0 Å². The summed E-state index contributed by atoms with van der Waals surface area (Å²) < 4.78 is 6.04. The van der Waals surface area contributed by atoms with Gasteiger partial charge in [0.05, 0.1) is 17.6 Å². The van der Waals surface area contributed by atoms with Crippen LogP contribution in [0.2, 0.25) is 0 Å². The number of aryl methyl sites for hydroxylation is 1. The molecule has 0 saturated carbocycles. The summed E-state index contributed by atoms with van der Waals surface area (Å²) in [5.74, 6) is 0.822. The molecule has 6 heteroatoms. The van der Waals surface area contributed by atoms with E-state index in [9.17, 15) is 4.79 Å². The summed E-state index contributed by atoms with van der Waals surface area (Å²) in [6.45, 7) is 6.34. The number of nitrogens with one attached hydrogen (secondary N) is 1. The summed E-state index contributed by atoms with van der Waals surface area (Å²) in [4.78, 5) is 15.2. The maximum Gasteiger partial charge on any atom is 0.234 e. The number of carbonyl (C=O) groups is 1. The molecule has 1 N–H and O–H groups in total. The van der Waals surface area contributed by atoms with Crippen molar-refractivity contribution in [2.45, 2.75) is 58.0 Å². The molecule has 0 spiro atoms. The summed E-state index contributed by atoms with van der Waals surface area (Å²) in [6, 6.07) is 2.15. The zero-order valence-electron chi connectivity index (χ0n) is 13.8. The molecule has 6 nitrogen and oxygen atoms in total. The molecule has 1 unspecified atom stereocenters. The third-order valence-electron chi connectivity index (χ3n) is 4.75. The van der Waals surface area contributed by atoms with E-state index in [1.165, 1.54) is 5.56 Å². The van der Waals surface area contributed by atoms with E-state index in [1.807, 2.05) is 13.8 Å². The first kappa shape index (κ1) is 15.7. The van der Waals surface area contributed by atoms with E-state index in [2.05, 4.69) is 28.3 Å². The Bertz CT molecular complexity index is 705. The van der Waals surface area contributed by atoms with E-state index < -0.39 is 5.41 Å². The second-order valence-electron chi connectivity index (χ2n) is 6.81. The normalized spacial score (nSPS) is 20.3. The topological polar surface area (TPSA) is 87.1 Å². The second-order valence-corrected chi connectivity index (χ2v) is 6.81. The van der Waals surface area contributed by atoms with E-state index in [0.29, 0.717) is 6.54 Å². The molecule has 0 bridgehead atoms. The fourth-order valence-electron chi connectivity index (χ4n) is 3.44. The van der Waals surface area contributed by atoms with Crippen molar-refractivity contribution in [1.82, 2.24) is 0 Å². The molecule has 2 aliphatic rings. The summed E-state index contributed by atoms with van der Waals surface area (Å²) in [5.41, 5.74) is 12.1. The molecule has 3 rings (SSSR count). The molecule has 1 aromatic carbocycles. The van der Waals surface area contributed by atoms with Crippen LogP contribution in [0.4, 0.5) is 5.69 Å². The molecule has 0 saturated heterocycles. The number of fused-ring (bicyclic) bond motifs is 3. The molecule has 2 heterocycles. The number of rotatable bonds is 5. The average molecular weight is 314 g/mol. The van der Waals surface area contributed by atoms with Crippen molar-refractivity contribution >= 4 is 11.6 Å². The SMILES string of the molecule is CCCCc1cc2c(c3c1NC(=O)C3(C)C)OC(CN=[N+]=[N-])C2. The largest absolute Gasteiger partial charge is 0.489 e. The van der Waals surface area contributed by atoms with Crippen LogP contribution in [0.5, 0.6) is 5.75 Å². The van der Waals surface area contributed by atoms with Crippen LogP contribution in [0.15, 0.2) is 11.2 Å². The zero-order chi connectivity index (χ0) is 16.6. The quantitative estimate of drug-likeness (QED) is 0.508. The molecule has 2 aliphatic heterocycles. The number of benzene rings is 1. The monoisotopic (exact) mass is 314 g/mol. The highest BCUT2D eigenvalue weighted by atomic mass is 16.5. The first-order valence-corrected chi connectivity index (χ1v) is 8.17. The summed E-state index contributed by atoms with van der Waals surface area (Å²) in [6.07, 6.45) is 3.73. The lowest BCUT2D eigenvalue weighted by atomic mass is 9.83. The standard InChI is InChI=1S/C17H22N4O2/c1-4-5-6-10-7-11-8-12(9-19-21-18)23-15(11)13-14(10)20-16(22)17(13,2)3/h7,12H,4-6,8-9H2,1-3H3,(H,20,22). The van der Waals surface area contributed by atoms with Gasteiger partial charge in [0, 0.05) is 16.9 Å². The number of unbranched alkanes of at least 4 members (excludes halogenated alkanes) is 1. The van der Waals surface area contributed by atoms with Crippen LogP contribution in [0.25, 0.3) is 10.4 Å². The molecule has 23 heavy (non-hydrogen) atoms. The van der Waals surface area contributed by atoms with E-state index in [-0.39, 0.29) is 12.0 Å². The minimum absolute atomic E-state index is 0.0146. The van der Waals surface area contributed by atoms with Crippen molar-refractivity contribution in [3.8, 4) is 5.75 Å². The molecule has 0 radical (unpaired) electrons. The Kier molecular flexibility index (Phi) is 3.94. The van der Waals surface area contributed by atoms with Crippen molar-refractivity contribution in [2.24, 2.45) is 5.11 Å². The van der Waals surface area contributed by atoms with Crippen LogP contribution in [-0.4, -0.2) is 18.6 Å². The highest BCUT2D eigenvalue weighted by molar-refractivity contribution is 6.07. The van der Waals surface area contributed by atoms with Crippen molar-refractivity contribution in [1.29, 1.82) is 0 Å². The molecule has 0 fully saturated rings. The molecule has 1 atom stereocenters. The number of hydrogen-bond donors (Lipinski definition) is 1. The number of carbonyl (C=O) groups excluding carboxylic acids is 1. The highest BCUT2D eigenvalue weighted by Gasteiger charge is 2.44. The fraction of sp³-hybridized carbons (Fsp3) is 0.588. The van der Waals surface area contributed by atoms with Gasteiger partial charge in [-0.1, -0.05) is 18.5 Å². The molecular weight excluding hydrogens is 292 g/mol. The Balaban J connectivity index is 2.06. The number of ether oxygens (including phenoxy) is 1. The van der Waals surface area contributed by atoms with Gasteiger partial charge in [0.15, 0.2) is 0 Å². The lowest BCUT2D eigenvalue weighted by Gasteiger charge is -2.20. The van der Waals surface area contributed by atoms with Gasteiger partial charge in [-0.15, -0.1) is 0 Å². The molecule has 0 aromatic heterocycles. The molecule has 1 amide bonds. The summed E-state index contributed by atoms with van der Waals surface area (Å²) >= 11 is 0. The maximum absolute atomic E-state index is 12.4. The minimum atomic E-state index is -0.602. The Hall–Kier alpha value is -2.20. The summed E-state index contributed by atoms with van der Waals surface area (Å²) in [5, 5.41) is 6.68. The molecule has 122 valence electrons. The third-order valence-corrected chi connectivity index (χ3v) is 4.75. The van der Waals surface area contributed by atoms with Crippen molar-refractivity contribution in [2.75, 3.05) is 11.9 Å². The second kappa shape index (κ2) is 5.78. The first-order chi connectivity index (χ1) is 11.0. The van der Waals surface area contributed by atoms with Crippen LogP contribution >= 0.6 is 0 Å². The van der Waals surface area contributed by atoms with Gasteiger partial charge in [-0.3, -0.25) is 4.79 Å². The Morgan fingerprint density at radius 3 is 3.00 bits per heavy atom. The van der Waals surface area contributed by atoms with E-state index in [4.69, 9.17) is 10.3 Å². The number of amides is 1. The average Bonchev–Trinajstić information content (AvgIpc) is 3.01. The highest BCUT2D eigenvalue weighted by Crippen LogP contribution is 2.49. The van der Waals surface area contributed by atoms with Gasteiger partial charge in [0.2, 0.25) is 5.91 Å². The van der Waals surface area contributed by atoms with Gasteiger partial charge in [0.25, 0.3) is 0 Å². The first-order valence-electron chi connectivity index (χ1n) is 8.17. The van der Waals surface area contributed by atoms with Gasteiger partial charge in [0.1, 0.15) is 11.9 Å². The van der Waals surface area contributed by atoms with Crippen molar-refractivity contribution in [3.05, 3.63) is 33.2 Å². The predicted molar refractivity (Wildman–Crippen MR) is 88.8 cm³/mol. The number of anilines is 1. The van der Waals surface area contributed by atoms with Crippen LogP contribution in [0.1, 0.15) is 50.3 Å². The molecule has 1 aromatic rings. The lowest BCUT2D eigenvalue weighted by molar-refractivity contribution is -0.119. The lowest BCUT2D eigenvalue weighted by Crippen LogP contribution is -2.27. The number of azide groups is 1. The van der Waals surface area contributed by atoms with E-state index in [1.54, 1.807) is 0 Å². The van der Waals surface area contributed by atoms with Gasteiger partial charge in [-0.25, -0.2) is 0 Å². The fourth-order valence-corrected chi connectivity index (χ4v) is 3.44. The predicted octanol–water partition coefficient (Wildman–Crippen LogP) is 3.87. The Labute approximate surface area is 135 Å². The maximum atomic E-state index is 12.4. The molecular formula is C17H22N4O2. The van der Waals surface area contributed by atoms with Crippen LogP contribution < -0.4 is 10.1 Å².